The maximum absolute atomic E-state index is 14.2. The first-order chi connectivity index (χ1) is 16.7. The lowest BCUT2D eigenvalue weighted by Crippen LogP contribution is -2.51. The zero-order chi connectivity index (χ0) is 25.5. The predicted molar refractivity (Wildman–Crippen MR) is 128 cm³/mol. The topological polar surface area (TPSA) is 131 Å². The number of aryl methyl sites for hydroxylation is 1. The van der Waals surface area contributed by atoms with E-state index in [-0.39, 0.29) is 35.9 Å². The monoisotopic (exact) mass is 477 g/mol. The molecule has 2 aliphatic rings. The van der Waals surface area contributed by atoms with Gasteiger partial charge in [-0.15, -0.1) is 0 Å². The number of para-hydroxylation sites is 1. The van der Waals surface area contributed by atoms with Crippen LogP contribution in [0.15, 0.2) is 46.6 Å². The molecule has 182 valence electrons. The third kappa shape index (κ3) is 3.56. The van der Waals surface area contributed by atoms with Crippen molar-refractivity contribution in [3.63, 3.8) is 0 Å². The fourth-order valence-electron chi connectivity index (χ4n) is 4.79. The summed E-state index contributed by atoms with van der Waals surface area (Å²) in [5, 5.41) is 10.2. The Balaban J connectivity index is 2.04. The van der Waals surface area contributed by atoms with E-state index >= 15 is 0 Å². The van der Waals surface area contributed by atoms with Crippen LogP contribution < -0.4 is 20.9 Å². The molecule has 0 saturated heterocycles. The zero-order valence-corrected chi connectivity index (χ0v) is 20.1. The number of pyridine rings is 1. The summed E-state index contributed by atoms with van der Waals surface area (Å²) in [7, 11) is 3.79. The third-order valence-electron chi connectivity index (χ3n) is 6.33. The van der Waals surface area contributed by atoms with Crippen LogP contribution in [0.5, 0.6) is 5.75 Å². The fraction of sp³-hybridized carbons (Fsp3) is 0.360. The molecule has 0 bridgehead atoms. The van der Waals surface area contributed by atoms with Gasteiger partial charge in [-0.1, -0.05) is 18.2 Å². The number of nitrogens with zero attached hydrogens (tertiary/aromatic N) is 4. The number of nitrogens with two attached hydrogens (primary N) is 1. The molecule has 1 aromatic carbocycles. The standard InChI is InChI=1S/C25H27N5O5/c1-5-34-20(31)14-30-18-9-7-6-8-16(18)25(24(30)33)17(13-26)22(27)35-19-12-15(2)29(11-10-28(3)4)23(32)21(19)25/h6-9,12H,5,10-11,14,27H2,1-4H3. The molecular formula is C25H27N5O5. The fourth-order valence-corrected chi connectivity index (χ4v) is 4.79. The number of hydrogen-bond acceptors (Lipinski definition) is 8. The minimum atomic E-state index is -1.85. The van der Waals surface area contributed by atoms with Gasteiger partial charge < -0.3 is 24.7 Å². The molecule has 0 aliphatic carbocycles. The highest BCUT2D eigenvalue weighted by Gasteiger charge is 2.61. The van der Waals surface area contributed by atoms with Crippen molar-refractivity contribution in [3.8, 4) is 11.8 Å². The normalized spacial score (nSPS) is 18.4. The molecule has 3 heterocycles. The van der Waals surface area contributed by atoms with E-state index in [1.807, 2.05) is 25.1 Å². The smallest absolute Gasteiger partial charge is 0.326 e. The Morgan fingerprint density at radius 2 is 2.00 bits per heavy atom. The van der Waals surface area contributed by atoms with Crippen molar-refractivity contribution in [2.45, 2.75) is 25.8 Å². The molecule has 2 aromatic rings. The van der Waals surface area contributed by atoms with Gasteiger partial charge in [0, 0.05) is 36.1 Å². The summed E-state index contributed by atoms with van der Waals surface area (Å²) in [4.78, 5) is 43.8. The van der Waals surface area contributed by atoms with Crippen LogP contribution in [0.25, 0.3) is 0 Å². The summed E-state index contributed by atoms with van der Waals surface area (Å²) in [6.07, 6.45) is 0. The minimum absolute atomic E-state index is 0.0106. The Labute approximate surface area is 202 Å². The van der Waals surface area contributed by atoms with E-state index in [4.69, 9.17) is 15.2 Å². The van der Waals surface area contributed by atoms with Crippen LogP contribution in [-0.4, -0.2) is 55.1 Å². The largest absolute Gasteiger partial charge is 0.465 e. The van der Waals surface area contributed by atoms with Crippen molar-refractivity contribution in [2.24, 2.45) is 5.73 Å². The van der Waals surface area contributed by atoms with E-state index in [2.05, 4.69) is 0 Å². The van der Waals surface area contributed by atoms with Crippen molar-refractivity contribution in [3.05, 3.63) is 69.0 Å². The molecule has 1 spiro atoms. The van der Waals surface area contributed by atoms with Crippen LogP contribution in [0.3, 0.4) is 0 Å². The number of nitriles is 1. The molecule has 10 heteroatoms. The second-order valence-corrected chi connectivity index (χ2v) is 8.70. The molecule has 0 saturated carbocycles. The Morgan fingerprint density at radius 3 is 2.66 bits per heavy atom. The lowest BCUT2D eigenvalue weighted by Gasteiger charge is -2.34. The van der Waals surface area contributed by atoms with E-state index < -0.39 is 22.9 Å². The predicted octanol–water partition coefficient (Wildman–Crippen LogP) is 1.00. The summed E-state index contributed by atoms with van der Waals surface area (Å²) in [5.41, 5.74) is 5.10. The Hall–Kier alpha value is -4.10. The van der Waals surface area contributed by atoms with Crippen LogP contribution >= 0.6 is 0 Å². The average Bonchev–Trinajstić information content (AvgIpc) is 3.02. The molecule has 1 unspecified atom stereocenters. The summed E-state index contributed by atoms with van der Waals surface area (Å²) >= 11 is 0. The van der Waals surface area contributed by atoms with Gasteiger partial charge in [-0.3, -0.25) is 19.3 Å². The molecule has 1 atom stereocenters. The van der Waals surface area contributed by atoms with Crippen molar-refractivity contribution in [1.82, 2.24) is 9.47 Å². The Bertz CT molecular complexity index is 1350. The number of carbonyl (C=O) groups excluding carboxylic acids is 2. The molecule has 0 fully saturated rings. The first-order valence-corrected chi connectivity index (χ1v) is 11.2. The molecule has 1 aromatic heterocycles. The molecule has 35 heavy (non-hydrogen) atoms. The van der Waals surface area contributed by atoms with E-state index in [0.717, 1.165) is 0 Å². The summed E-state index contributed by atoms with van der Waals surface area (Å²) in [6, 6.07) is 10.4. The highest BCUT2D eigenvalue weighted by atomic mass is 16.5. The molecule has 10 nitrogen and oxygen atoms in total. The van der Waals surface area contributed by atoms with Gasteiger partial charge in [0.25, 0.3) is 5.56 Å². The van der Waals surface area contributed by atoms with E-state index in [9.17, 15) is 19.6 Å². The van der Waals surface area contributed by atoms with Gasteiger partial charge in [-0.25, -0.2) is 0 Å². The zero-order valence-electron chi connectivity index (χ0n) is 20.1. The van der Waals surface area contributed by atoms with Crippen molar-refractivity contribution in [1.29, 1.82) is 5.26 Å². The minimum Gasteiger partial charge on any atom is -0.465 e. The molecule has 0 radical (unpaired) electrons. The number of anilines is 1. The van der Waals surface area contributed by atoms with Crippen LogP contribution in [0.1, 0.15) is 23.7 Å². The number of ether oxygens (including phenoxy) is 2. The van der Waals surface area contributed by atoms with Crippen molar-refractivity contribution in [2.75, 3.05) is 38.7 Å². The van der Waals surface area contributed by atoms with Gasteiger partial charge in [0.2, 0.25) is 11.8 Å². The lowest BCUT2D eigenvalue weighted by atomic mass is 9.69. The highest BCUT2D eigenvalue weighted by molar-refractivity contribution is 6.15. The quantitative estimate of drug-likeness (QED) is 0.610. The van der Waals surface area contributed by atoms with Gasteiger partial charge in [0.15, 0.2) is 5.41 Å². The van der Waals surface area contributed by atoms with Crippen LogP contribution in [0.4, 0.5) is 5.69 Å². The van der Waals surface area contributed by atoms with Crippen LogP contribution in [0.2, 0.25) is 0 Å². The summed E-state index contributed by atoms with van der Waals surface area (Å²) < 4.78 is 12.4. The average molecular weight is 478 g/mol. The number of carbonyl (C=O) groups is 2. The number of rotatable bonds is 6. The third-order valence-corrected chi connectivity index (χ3v) is 6.33. The number of esters is 1. The van der Waals surface area contributed by atoms with E-state index in [1.54, 1.807) is 48.7 Å². The molecule has 4 rings (SSSR count). The number of hydrogen-bond donors (Lipinski definition) is 1. The molecule has 2 aliphatic heterocycles. The van der Waals surface area contributed by atoms with Crippen LogP contribution in [-0.2, 0) is 26.3 Å². The highest BCUT2D eigenvalue weighted by Crippen LogP contribution is 2.54. The molecule has 2 N–H and O–H groups in total. The number of amides is 1. The molecule has 1 amide bonds. The van der Waals surface area contributed by atoms with Crippen LogP contribution in [0, 0.1) is 18.3 Å². The Kier molecular flexibility index (Phi) is 6.13. The second kappa shape index (κ2) is 8.92. The number of benzene rings is 1. The lowest BCUT2D eigenvalue weighted by molar-refractivity contribution is -0.142. The molecular weight excluding hydrogens is 450 g/mol. The second-order valence-electron chi connectivity index (χ2n) is 8.70. The van der Waals surface area contributed by atoms with E-state index in [1.165, 1.54) is 4.90 Å². The van der Waals surface area contributed by atoms with Gasteiger partial charge in [0.1, 0.15) is 23.9 Å². The maximum Gasteiger partial charge on any atom is 0.326 e. The van der Waals surface area contributed by atoms with Crippen molar-refractivity contribution >= 4 is 17.6 Å². The van der Waals surface area contributed by atoms with E-state index in [0.29, 0.717) is 30.0 Å². The maximum atomic E-state index is 14.2. The number of likely N-dealkylation sites (N-methyl/N-ethyl adjacent to an activating group) is 1. The number of aromatic nitrogens is 1. The van der Waals surface area contributed by atoms with Crippen molar-refractivity contribution < 1.29 is 19.1 Å². The van der Waals surface area contributed by atoms with Gasteiger partial charge >= 0.3 is 5.97 Å². The summed E-state index contributed by atoms with van der Waals surface area (Å²) in [6.45, 7) is 4.16. The van der Waals surface area contributed by atoms with Gasteiger partial charge in [0.05, 0.1) is 12.2 Å². The first kappa shape index (κ1) is 24.0. The van der Waals surface area contributed by atoms with Gasteiger partial charge in [-0.05, 0) is 34.0 Å². The van der Waals surface area contributed by atoms with Gasteiger partial charge in [-0.2, -0.15) is 5.26 Å². The Morgan fingerprint density at radius 1 is 1.29 bits per heavy atom. The first-order valence-electron chi connectivity index (χ1n) is 11.2. The SMILES string of the molecule is CCOC(=O)CN1C(=O)C2(C(C#N)=C(N)Oc3cc(C)n(CCN(C)C)c(=O)c32)c2ccccc21. The summed E-state index contributed by atoms with van der Waals surface area (Å²) in [5.74, 6) is -1.38. The number of fused-ring (bicyclic) bond motifs is 4.